The Kier molecular flexibility index (Phi) is 3.06. The zero-order valence-corrected chi connectivity index (χ0v) is 9.13. The van der Waals surface area contributed by atoms with Crippen LogP contribution < -0.4 is 0 Å². The Bertz CT molecular complexity index is 292. The molecule has 2 rings (SSSR count). The third kappa shape index (κ3) is 2.08. The number of nitrogens with zero attached hydrogens (tertiary/aromatic N) is 2. The minimum atomic E-state index is -0.181. The van der Waals surface area contributed by atoms with Crippen LogP contribution in [0.3, 0.4) is 0 Å². The van der Waals surface area contributed by atoms with Crippen LogP contribution in [0.4, 0.5) is 0 Å². The minimum Gasteiger partial charge on any atom is -0.423 e. The van der Waals surface area contributed by atoms with E-state index in [1.165, 1.54) is 32.1 Å². The fourth-order valence-electron chi connectivity index (χ4n) is 1.92. The lowest BCUT2D eigenvalue weighted by Crippen LogP contribution is -2.04. The first-order chi connectivity index (χ1) is 6.77. The molecular weight excluding hydrogens is 200 g/mol. The van der Waals surface area contributed by atoms with Gasteiger partial charge in [-0.3, -0.25) is 0 Å². The van der Waals surface area contributed by atoms with Crippen molar-refractivity contribution in [2.75, 3.05) is 0 Å². The van der Waals surface area contributed by atoms with Crippen molar-refractivity contribution in [3.63, 3.8) is 0 Å². The number of hydrogen-bond donors (Lipinski definition) is 0. The lowest BCUT2D eigenvalue weighted by molar-refractivity contribution is 0.351. The van der Waals surface area contributed by atoms with Gasteiger partial charge in [0.05, 0.1) is 0 Å². The van der Waals surface area contributed by atoms with Crippen LogP contribution in [-0.2, 0) is 0 Å². The van der Waals surface area contributed by atoms with Crippen molar-refractivity contribution < 1.29 is 4.42 Å². The average Bonchev–Trinajstić information content (AvgIpc) is 2.68. The molecule has 0 saturated heterocycles. The third-order valence-corrected chi connectivity index (χ3v) is 2.94. The molecule has 0 bridgehead atoms. The molecule has 4 heteroatoms. The van der Waals surface area contributed by atoms with Gasteiger partial charge < -0.3 is 4.42 Å². The first kappa shape index (κ1) is 9.97. The van der Waals surface area contributed by atoms with Crippen LogP contribution in [0.5, 0.6) is 0 Å². The Morgan fingerprint density at radius 3 is 2.57 bits per heavy atom. The molecule has 0 radical (unpaired) electrons. The van der Waals surface area contributed by atoms with Crippen molar-refractivity contribution in [3.05, 3.63) is 11.8 Å². The van der Waals surface area contributed by atoms with E-state index >= 15 is 0 Å². The summed E-state index contributed by atoms with van der Waals surface area (Å²) in [7, 11) is 0. The monoisotopic (exact) mass is 214 g/mol. The molecule has 3 nitrogen and oxygen atoms in total. The fraction of sp³-hybridized carbons (Fsp3) is 0.800. The van der Waals surface area contributed by atoms with Gasteiger partial charge in [-0.05, 0) is 19.8 Å². The van der Waals surface area contributed by atoms with Crippen LogP contribution in [0, 0.1) is 0 Å². The van der Waals surface area contributed by atoms with Gasteiger partial charge in [0.2, 0.25) is 11.8 Å². The normalized spacial score (nSPS) is 21.0. The summed E-state index contributed by atoms with van der Waals surface area (Å²) in [5.74, 6) is 1.81. The van der Waals surface area contributed by atoms with Crippen LogP contribution in [0.1, 0.15) is 62.1 Å². The zero-order valence-electron chi connectivity index (χ0n) is 8.37. The summed E-state index contributed by atoms with van der Waals surface area (Å²) in [6.45, 7) is 1.85. The van der Waals surface area contributed by atoms with Gasteiger partial charge in [0.1, 0.15) is 5.38 Å². The highest BCUT2D eigenvalue weighted by molar-refractivity contribution is 6.20. The molecular formula is C10H15ClN2O. The van der Waals surface area contributed by atoms with Crippen LogP contribution >= 0.6 is 11.6 Å². The number of rotatable bonds is 2. The first-order valence-electron chi connectivity index (χ1n) is 5.24. The molecule has 1 heterocycles. The molecule has 78 valence electrons. The van der Waals surface area contributed by atoms with Gasteiger partial charge in [0.25, 0.3) is 0 Å². The van der Waals surface area contributed by atoms with E-state index in [1.54, 1.807) is 0 Å². The maximum Gasteiger partial charge on any atom is 0.234 e. The lowest BCUT2D eigenvalue weighted by Gasteiger charge is -2.17. The van der Waals surface area contributed by atoms with Gasteiger partial charge in [-0.15, -0.1) is 21.8 Å². The van der Waals surface area contributed by atoms with Gasteiger partial charge in [-0.25, -0.2) is 0 Å². The highest BCUT2D eigenvalue weighted by Gasteiger charge is 2.22. The summed E-state index contributed by atoms with van der Waals surface area (Å²) in [4.78, 5) is 0. The molecule has 1 atom stereocenters. The van der Waals surface area contributed by atoms with E-state index < -0.39 is 0 Å². The molecule has 1 aliphatic rings. The Balaban J connectivity index is 2.07. The molecule has 1 unspecified atom stereocenters. The van der Waals surface area contributed by atoms with Crippen molar-refractivity contribution in [2.24, 2.45) is 0 Å². The van der Waals surface area contributed by atoms with Crippen molar-refractivity contribution in [2.45, 2.75) is 50.3 Å². The Labute approximate surface area is 88.9 Å². The highest BCUT2D eigenvalue weighted by Crippen LogP contribution is 2.32. The molecule has 0 aromatic carbocycles. The molecule has 1 aliphatic carbocycles. The summed E-state index contributed by atoms with van der Waals surface area (Å²) >= 11 is 5.86. The molecule has 1 aromatic rings. The Morgan fingerprint density at radius 2 is 2.00 bits per heavy atom. The zero-order chi connectivity index (χ0) is 9.97. The second-order valence-electron chi connectivity index (χ2n) is 3.93. The van der Waals surface area contributed by atoms with E-state index in [1.807, 2.05) is 6.92 Å². The summed E-state index contributed by atoms with van der Waals surface area (Å²) in [5.41, 5.74) is 0. The van der Waals surface area contributed by atoms with E-state index in [9.17, 15) is 0 Å². The molecule has 0 amide bonds. The van der Waals surface area contributed by atoms with Crippen molar-refractivity contribution in [1.29, 1.82) is 0 Å². The number of alkyl halides is 1. The van der Waals surface area contributed by atoms with Crippen LogP contribution in [-0.4, -0.2) is 10.2 Å². The third-order valence-electron chi connectivity index (χ3n) is 2.75. The van der Waals surface area contributed by atoms with Crippen LogP contribution in [0.25, 0.3) is 0 Å². The SMILES string of the molecule is CC(Cl)c1nnc(C2CCCCC2)o1. The number of hydrogen-bond acceptors (Lipinski definition) is 3. The van der Waals surface area contributed by atoms with E-state index in [2.05, 4.69) is 10.2 Å². The topological polar surface area (TPSA) is 38.9 Å². The molecule has 0 aliphatic heterocycles. The van der Waals surface area contributed by atoms with Crippen LogP contribution in [0.15, 0.2) is 4.42 Å². The average molecular weight is 215 g/mol. The molecule has 1 fully saturated rings. The quantitative estimate of drug-likeness (QED) is 0.709. The fourth-order valence-corrected chi connectivity index (χ4v) is 2.01. The maximum absolute atomic E-state index is 5.86. The van der Waals surface area contributed by atoms with Gasteiger partial charge in [-0.1, -0.05) is 19.3 Å². The van der Waals surface area contributed by atoms with Gasteiger partial charge >= 0.3 is 0 Å². The summed E-state index contributed by atoms with van der Waals surface area (Å²) in [6, 6.07) is 0. The van der Waals surface area contributed by atoms with Gasteiger partial charge in [-0.2, -0.15) is 0 Å². The second-order valence-corrected chi connectivity index (χ2v) is 4.58. The Hall–Kier alpha value is -0.570. The van der Waals surface area contributed by atoms with Crippen molar-refractivity contribution in [1.82, 2.24) is 10.2 Å². The van der Waals surface area contributed by atoms with E-state index in [-0.39, 0.29) is 5.38 Å². The number of halogens is 1. The smallest absolute Gasteiger partial charge is 0.234 e. The predicted octanol–water partition coefficient (Wildman–Crippen LogP) is 3.42. The largest absolute Gasteiger partial charge is 0.423 e. The lowest BCUT2D eigenvalue weighted by atomic mass is 9.89. The predicted molar refractivity (Wildman–Crippen MR) is 54.4 cm³/mol. The molecule has 0 spiro atoms. The maximum atomic E-state index is 5.86. The first-order valence-corrected chi connectivity index (χ1v) is 5.68. The molecule has 1 saturated carbocycles. The summed E-state index contributed by atoms with van der Waals surface area (Å²) in [6.07, 6.45) is 6.25. The molecule has 14 heavy (non-hydrogen) atoms. The van der Waals surface area contributed by atoms with Gasteiger partial charge in [0, 0.05) is 5.92 Å². The van der Waals surface area contributed by atoms with Crippen molar-refractivity contribution in [3.8, 4) is 0 Å². The van der Waals surface area contributed by atoms with E-state index in [0.29, 0.717) is 11.8 Å². The Morgan fingerprint density at radius 1 is 1.29 bits per heavy atom. The second kappa shape index (κ2) is 4.30. The van der Waals surface area contributed by atoms with E-state index in [4.69, 9.17) is 16.0 Å². The molecule has 1 aromatic heterocycles. The minimum absolute atomic E-state index is 0.181. The summed E-state index contributed by atoms with van der Waals surface area (Å²) < 4.78 is 5.53. The van der Waals surface area contributed by atoms with Crippen molar-refractivity contribution >= 4 is 11.6 Å². The molecule has 0 N–H and O–H groups in total. The number of aromatic nitrogens is 2. The van der Waals surface area contributed by atoms with Crippen LogP contribution in [0.2, 0.25) is 0 Å². The highest BCUT2D eigenvalue weighted by atomic mass is 35.5. The van der Waals surface area contributed by atoms with E-state index in [0.717, 1.165) is 5.89 Å². The standard InChI is InChI=1S/C10H15ClN2O/c1-7(11)9-12-13-10(14-9)8-5-3-2-4-6-8/h7-8H,2-6H2,1H3. The van der Waals surface area contributed by atoms with Gasteiger partial charge in [0.15, 0.2) is 0 Å². The summed E-state index contributed by atoms with van der Waals surface area (Å²) in [5, 5.41) is 7.82.